The number of amides is 2. The second-order valence-electron chi connectivity index (χ2n) is 8.34. The average Bonchev–Trinajstić information content (AvgIpc) is 3.40. The fraction of sp³-hybridized carbons (Fsp3) is 0.200. The number of aromatic amines is 1. The second-order valence-corrected chi connectivity index (χ2v) is 9.25. The van der Waals surface area contributed by atoms with Crippen molar-refractivity contribution in [1.29, 1.82) is 0 Å². The molecule has 162 valence electrons. The smallest absolute Gasteiger partial charge is 0.259 e. The van der Waals surface area contributed by atoms with Crippen LogP contribution in [0.5, 0.6) is 0 Å². The maximum Gasteiger partial charge on any atom is 0.259 e. The van der Waals surface area contributed by atoms with Gasteiger partial charge in [-0.3, -0.25) is 14.9 Å². The lowest BCUT2D eigenvalue weighted by molar-refractivity contribution is -0.122. The molecule has 2 aromatic heterocycles. The van der Waals surface area contributed by atoms with Crippen LogP contribution in [0.2, 0.25) is 0 Å². The zero-order valence-electron chi connectivity index (χ0n) is 17.9. The maximum atomic E-state index is 13.0. The van der Waals surface area contributed by atoms with Crippen LogP contribution >= 0.6 is 15.9 Å². The maximum absolute atomic E-state index is 13.0. The molecule has 1 aliphatic rings. The van der Waals surface area contributed by atoms with Gasteiger partial charge in [-0.1, -0.05) is 34.1 Å². The molecule has 0 spiro atoms. The van der Waals surface area contributed by atoms with Crippen LogP contribution in [0.15, 0.2) is 59.3 Å². The predicted octanol–water partition coefficient (Wildman–Crippen LogP) is 4.40. The first-order valence-electron chi connectivity index (χ1n) is 10.5. The Labute approximate surface area is 194 Å². The number of benzene rings is 2. The number of nitrogens with one attached hydrogen (secondary N) is 2. The van der Waals surface area contributed by atoms with Crippen molar-refractivity contribution in [2.45, 2.75) is 13.0 Å². The summed E-state index contributed by atoms with van der Waals surface area (Å²) in [5.74, 6) is -0.721. The largest absolute Gasteiger partial charge is 0.361 e. The number of halogens is 1. The van der Waals surface area contributed by atoms with Crippen LogP contribution in [-0.2, 0) is 16.1 Å². The zero-order valence-corrected chi connectivity index (χ0v) is 19.5. The Morgan fingerprint density at radius 2 is 1.72 bits per heavy atom. The first-order chi connectivity index (χ1) is 15.4. The molecule has 0 unspecified atom stereocenters. The number of hydrogen-bond donors (Lipinski definition) is 2. The van der Waals surface area contributed by atoms with Gasteiger partial charge in [-0.15, -0.1) is 0 Å². The van der Waals surface area contributed by atoms with Gasteiger partial charge in [-0.25, -0.2) is 0 Å². The van der Waals surface area contributed by atoms with Gasteiger partial charge in [-0.2, -0.15) is 0 Å². The van der Waals surface area contributed by atoms with Crippen LogP contribution in [0, 0.1) is 0 Å². The summed E-state index contributed by atoms with van der Waals surface area (Å²) < 4.78 is 3.10. The Bertz CT molecular complexity index is 1410. The molecule has 2 N–H and O–H groups in total. The Morgan fingerprint density at radius 3 is 2.50 bits per heavy atom. The number of imide groups is 1. The van der Waals surface area contributed by atoms with Crippen LogP contribution in [-0.4, -0.2) is 46.9 Å². The molecule has 2 amide bonds. The van der Waals surface area contributed by atoms with Gasteiger partial charge in [0, 0.05) is 56.3 Å². The van der Waals surface area contributed by atoms with E-state index in [-0.39, 0.29) is 11.8 Å². The number of fused-ring (bicyclic) bond motifs is 2. The second kappa shape index (κ2) is 8.07. The van der Waals surface area contributed by atoms with Gasteiger partial charge in [0.2, 0.25) is 0 Å². The number of rotatable bonds is 6. The Kier molecular flexibility index (Phi) is 5.23. The van der Waals surface area contributed by atoms with Crippen molar-refractivity contribution in [2.24, 2.45) is 0 Å². The molecule has 0 saturated carbocycles. The summed E-state index contributed by atoms with van der Waals surface area (Å²) in [6.45, 7) is 1.79. The molecule has 0 atom stereocenters. The number of H-pyrrole nitrogens is 1. The molecule has 0 aliphatic carbocycles. The number of nitrogens with zero attached hydrogens (tertiary/aromatic N) is 2. The highest BCUT2D eigenvalue weighted by Crippen LogP contribution is 2.39. The molecule has 2 aromatic carbocycles. The van der Waals surface area contributed by atoms with E-state index < -0.39 is 0 Å². The lowest BCUT2D eigenvalue weighted by Crippen LogP contribution is -2.22. The van der Waals surface area contributed by atoms with Crippen LogP contribution in [0.3, 0.4) is 0 Å². The van der Waals surface area contributed by atoms with Crippen molar-refractivity contribution in [2.75, 3.05) is 20.6 Å². The van der Waals surface area contributed by atoms with Crippen LogP contribution < -0.4 is 5.32 Å². The van der Waals surface area contributed by atoms with E-state index >= 15 is 0 Å². The van der Waals surface area contributed by atoms with Crippen molar-refractivity contribution < 1.29 is 9.59 Å². The SMILES string of the molecule is CN(C)CCCn1cc(C2=C(c3c[nH]c4ccccc34)C(=O)NC2=O)c2cc(Br)ccc21. The summed E-state index contributed by atoms with van der Waals surface area (Å²) in [6, 6.07) is 13.9. The molecule has 0 radical (unpaired) electrons. The molecule has 32 heavy (non-hydrogen) atoms. The third-order valence-electron chi connectivity index (χ3n) is 5.91. The summed E-state index contributed by atoms with van der Waals surface area (Å²) >= 11 is 3.57. The Morgan fingerprint density at radius 1 is 0.969 bits per heavy atom. The lowest BCUT2D eigenvalue weighted by atomic mass is 9.95. The lowest BCUT2D eigenvalue weighted by Gasteiger charge is -2.10. The molecule has 0 saturated heterocycles. The number of hydrogen-bond acceptors (Lipinski definition) is 3. The van der Waals surface area contributed by atoms with Gasteiger partial charge in [0.05, 0.1) is 11.1 Å². The summed E-state index contributed by atoms with van der Waals surface area (Å²) in [5.41, 5.74) is 4.32. The summed E-state index contributed by atoms with van der Waals surface area (Å²) in [7, 11) is 4.12. The van der Waals surface area contributed by atoms with Gasteiger partial charge in [0.25, 0.3) is 11.8 Å². The van der Waals surface area contributed by atoms with Crippen molar-refractivity contribution in [1.82, 2.24) is 19.8 Å². The van der Waals surface area contributed by atoms with Gasteiger partial charge >= 0.3 is 0 Å². The van der Waals surface area contributed by atoms with E-state index in [4.69, 9.17) is 0 Å². The van der Waals surface area contributed by atoms with Crippen molar-refractivity contribution in [3.8, 4) is 0 Å². The predicted molar refractivity (Wildman–Crippen MR) is 131 cm³/mol. The number of aromatic nitrogens is 2. The van der Waals surface area contributed by atoms with Gasteiger partial charge < -0.3 is 14.5 Å². The minimum Gasteiger partial charge on any atom is -0.361 e. The van der Waals surface area contributed by atoms with Gasteiger partial charge in [-0.05, 0) is 51.3 Å². The zero-order chi connectivity index (χ0) is 22.4. The third kappa shape index (κ3) is 3.47. The molecular formula is C25H23BrN4O2. The average molecular weight is 491 g/mol. The first-order valence-corrected chi connectivity index (χ1v) is 11.3. The number of carbonyl (C=O) groups is 2. The van der Waals surface area contributed by atoms with E-state index in [0.29, 0.717) is 11.1 Å². The molecule has 3 heterocycles. The fourth-order valence-corrected chi connectivity index (χ4v) is 4.82. The number of aryl methyl sites for hydroxylation is 1. The molecule has 6 nitrogen and oxygen atoms in total. The highest BCUT2D eigenvalue weighted by atomic mass is 79.9. The van der Waals surface area contributed by atoms with Crippen molar-refractivity contribution in [3.63, 3.8) is 0 Å². The van der Waals surface area contributed by atoms with Crippen molar-refractivity contribution in [3.05, 3.63) is 70.5 Å². The van der Waals surface area contributed by atoms with Crippen LogP contribution in [0.1, 0.15) is 17.5 Å². The molecule has 0 fully saturated rings. The molecule has 4 aromatic rings. The van der Waals surface area contributed by atoms with Crippen molar-refractivity contribution >= 4 is 60.7 Å². The normalized spacial score (nSPS) is 14.4. The number of carbonyl (C=O) groups excluding carboxylic acids is 2. The van der Waals surface area contributed by atoms with E-state index in [1.165, 1.54) is 0 Å². The first kappa shape index (κ1) is 20.7. The highest BCUT2D eigenvalue weighted by Gasteiger charge is 2.35. The fourth-order valence-electron chi connectivity index (χ4n) is 4.46. The van der Waals surface area contributed by atoms with E-state index in [0.717, 1.165) is 56.9 Å². The van der Waals surface area contributed by atoms with Crippen LogP contribution in [0.4, 0.5) is 0 Å². The molecule has 0 bridgehead atoms. The monoisotopic (exact) mass is 490 g/mol. The summed E-state index contributed by atoms with van der Waals surface area (Å²) in [5, 5.41) is 4.38. The standard InChI is InChI=1S/C25H23BrN4O2/c1-29(2)10-5-11-30-14-19(17-12-15(26)8-9-21(17)30)23-22(24(31)28-25(23)32)18-13-27-20-7-4-3-6-16(18)20/h3-4,6-9,12-14,27H,5,10-11H2,1-2H3,(H,28,31,32). The minimum atomic E-state index is -0.363. The topological polar surface area (TPSA) is 70.1 Å². The highest BCUT2D eigenvalue weighted by molar-refractivity contribution is 9.10. The Balaban J connectivity index is 1.72. The quantitative estimate of drug-likeness (QED) is 0.393. The summed E-state index contributed by atoms with van der Waals surface area (Å²) in [6.07, 6.45) is 4.80. The molecule has 5 rings (SSSR count). The minimum absolute atomic E-state index is 0.359. The number of para-hydroxylation sites is 1. The van der Waals surface area contributed by atoms with Gasteiger partial charge in [0.1, 0.15) is 0 Å². The van der Waals surface area contributed by atoms with Crippen LogP contribution in [0.25, 0.3) is 33.0 Å². The molecular weight excluding hydrogens is 468 g/mol. The van der Waals surface area contributed by atoms with E-state index in [2.05, 4.69) is 55.9 Å². The Hall–Kier alpha value is -3.16. The molecule has 1 aliphatic heterocycles. The van der Waals surface area contributed by atoms with E-state index in [1.54, 1.807) is 0 Å². The van der Waals surface area contributed by atoms with E-state index in [1.807, 2.05) is 48.8 Å². The van der Waals surface area contributed by atoms with Gasteiger partial charge in [0.15, 0.2) is 0 Å². The summed E-state index contributed by atoms with van der Waals surface area (Å²) in [4.78, 5) is 31.4. The molecule has 7 heteroatoms. The van der Waals surface area contributed by atoms with E-state index in [9.17, 15) is 9.59 Å². The third-order valence-corrected chi connectivity index (χ3v) is 6.40.